The van der Waals surface area contributed by atoms with Gasteiger partial charge in [0.1, 0.15) is 19.4 Å². The molecule has 21 heavy (non-hydrogen) atoms. The zero-order chi connectivity index (χ0) is 15.8. The first kappa shape index (κ1) is 15.8. The van der Waals surface area contributed by atoms with Crippen LogP contribution in [0.5, 0.6) is 5.75 Å². The van der Waals surface area contributed by atoms with E-state index in [4.69, 9.17) is 9.15 Å². The van der Waals surface area contributed by atoms with Crippen LogP contribution in [0.15, 0.2) is 16.5 Å². The van der Waals surface area contributed by atoms with Gasteiger partial charge in [0.15, 0.2) is 0 Å². The smallest absolute Gasteiger partial charge is 0.308 e. The van der Waals surface area contributed by atoms with Crippen LogP contribution in [0.3, 0.4) is 0 Å². The summed E-state index contributed by atoms with van der Waals surface area (Å²) in [4.78, 5) is 11.5. The van der Waals surface area contributed by atoms with E-state index in [0.29, 0.717) is 5.75 Å². The van der Waals surface area contributed by atoms with Crippen molar-refractivity contribution in [1.82, 2.24) is 0 Å². The molecule has 2 rings (SSSR count). The molecule has 3 nitrogen and oxygen atoms in total. The largest absolute Gasteiger partial charge is 0.466 e. The van der Waals surface area contributed by atoms with Gasteiger partial charge >= 0.3 is 5.97 Å². The van der Waals surface area contributed by atoms with Gasteiger partial charge in [0, 0.05) is 6.92 Å². The molecular weight excluding hydrogens is 280 g/mol. The summed E-state index contributed by atoms with van der Waals surface area (Å²) in [5.74, 6) is 0.405. The highest BCUT2D eigenvalue weighted by Crippen LogP contribution is 2.34. The van der Waals surface area contributed by atoms with Gasteiger partial charge < -0.3 is 9.15 Å². The molecule has 0 atom stereocenters. The van der Waals surface area contributed by atoms with Gasteiger partial charge in [-0.25, -0.2) is 0 Å². The van der Waals surface area contributed by atoms with Gasteiger partial charge in [0.05, 0.1) is 10.8 Å². The molecule has 2 aromatic rings. The molecule has 1 aromatic heterocycles. The first-order valence-corrected chi connectivity index (χ1v) is 11.0. The van der Waals surface area contributed by atoms with Gasteiger partial charge in [-0.15, -0.1) is 0 Å². The molecule has 1 aromatic carbocycles. The van der Waals surface area contributed by atoms with Crippen LogP contribution in [-0.4, -0.2) is 14.0 Å². The minimum Gasteiger partial charge on any atom is -0.466 e. The van der Waals surface area contributed by atoms with E-state index in [1.807, 2.05) is 0 Å². The standard InChI is InChI=1S/C17H24O3Si/c1-7-12-9-15-14(10-16(20-15)21(4,5)6)17(13(12)8-2)19-11(3)18/h9-10H,7-8H2,1-6H3. The number of furan rings is 1. The summed E-state index contributed by atoms with van der Waals surface area (Å²) in [6.45, 7) is 12.4. The van der Waals surface area contributed by atoms with Gasteiger partial charge in [-0.05, 0) is 36.1 Å². The molecule has 0 bridgehead atoms. The second-order valence-corrected chi connectivity index (χ2v) is 11.4. The Hall–Kier alpha value is -1.55. The average molecular weight is 304 g/mol. The summed E-state index contributed by atoms with van der Waals surface area (Å²) in [7, 11) is -1.54. The number of hydrogen-bond acceptors (Lipinski definition) is 3. The number of carbonyl (C=O) groups excluding carboxylic acids is 1. The Morgan fingerprint density at radius 3 is 2.33 bits per heavy atom. The van der Waals surface area contributed by atoms with E-state index in [2.05, 4.69) is 45.6 Å². The van der Waals surface area contributed by atoms with Gasteiger partial charge in [0.25, 0.3) is 0 Å². The number of hydrogen-bond donors (Lipinski definition) is 0. The number of esters is 1. The maximum Gasteiger partial charge on any atom is 0.308 e. The van der Waals surface area contributed by atoms with Crippen molar-refractivity contribution in [1.29, 1.82) is 0 Å². The average Bonchev–Trinajstić information content (AvgIpc) is 2.81. The highest BCUT2D eigenvalue weighted by molar-refractivity contribution is 6.87. The number of benzene rings is 1. The summed E-state index contributed by atoms with van der Waals surface area (Å²) >= 11 is 0. The Labute approximate surface area is 127 Å². The molecule has 0 N–H and O–H groups in total. The van der Waals surface area contributed by atoms with Crippen molar-refractivity contribution in [3.63, 3.8) is 0 Å². The number of rotatable bonds is 4. The molecule has 0 aliphatic carbocycles. The van der Waals surface area contributed by atoms with E-state index in [0.717, 1.165) is 34.8 Å². The lowest BCUT2D eigenvalue weighted by atomic mass is 9.99. The van der Waals surface area contributed by atoms with Crippen LogP contribution < -0.4 is 10.1 Å². The van der Waals surface area contributed by atoms with E-state index in [9.17, 15) is 4.79 Å². The van der Waals surface area contributed by atoms with E-state index >= 15 is 0 Å². The summed E-state index contributed by atoms with van der Waals surface area (Å²) in [6, 6.07) is 4.17. The molecule has 0 spiro atoms. The lowest BCUT2D eigenvalue weighted by Crippen LogP contribution is -2.36. The molecule has 0 saturated heterocycles. The third-order valence-corrected chi connectivity index (χ3v) is 5.42. The molecule has 114 valence electrons. The normalized spacial score (nSPS) is 11.9. The minimum absolute atomic E-state index is 0.282. The van der Waals surface area contributed by atoms with E-state index in [1.165, 1.54) is 12.5 Å². The lowest BCUT2D eigenvalue weighted by Gasteiger charge is -2.12. The van der Waals surface area contributed by atoms with Gasteiger partial charge in [-0.1, -0.05) is 33.5 Å². The fraction of sp³-hybridized carbons (Fsp3) is 0.471. The predicted octanol–water partition coefficient (Wildman–Crippen LogP) is 4.03. The van der Waals surface area contributed by atoms with Crippen molar-refractivity contribution in [3.8, 4) is 5.75 Å². The highest BCUT2D eigenvalue weighted by Gasteiger charge is 2.24. The van der Waals surface area contributed by atoms with Crippen molar-refractivity contribution in [2.24, 2.45) is 0 Å². The SMILES string of the molecule is CCc1cc2oc([Si](C)(C)C)cc2c(OC(C)=O)c1CC. The van der Waals surface area contributed by atoms with Crippen LogP contribution in [0, 0.1) is 0 Å². The van der Waals surface area contributed by atoms with Crippen molar-refractivity contribution in [2.45, 2.75) is 53.3 Å². The molecular formula is C17H24O3Si. The van der Waals surface area contributed by atoms with Crippen molar-refractivity contribution in [3.05, 3.63) is 23.3 Å². The molecule has 4 heteroatoms. The van der Waals surface area contributed by atoms with Crippen LogP contribution in [0.25, 0.3) is 11.0 Å². The highest BCUT2D eigenvalue weighted by atomic mass is 28.3. The summed E-state index contributed by atoms with van der Waals surface area (Å²) < 4.78 is 11.6. The van der Waals surface area contributed by atoms with E-state index in [-0.39, 0.29) is 5.97 Å². The monoisotopic (exact) mass is 304 g/mol. The molecule has 1 heterocycles. The molecule has 0 aliphatic heterocycles. The Balaban J connectivity index is 2.78. The van der Waals surface area contributed by atoms with Gasteiger partial charge in [0.2, 0.25) is 0 Å². The van der Waals surface area contributed by atoms with E-state index < -0.39 is 8.07 Å². The second kappa shape index (κ2) is 5.68. The molecule has 0 radical (unpaired) electrons. The Bertz CT molecular complexity index is 677. The lowest BCUT2D eigenvalue weighted by molar-refractivity contribution is -0.131. The second-order valence-electron chi connectivity index (χ2n) is 6.42. The van der Waals surface area contributed by atoms with Crippen LogP contribution >= 0.6 is 0 Å². The third-order valence-electron chi connectivity index (χ3n) is 3.69. The summed E-state index contributed by atoms with van der Waals surface area (Å²) in [5, 5.41) is 1.97. The first-order chi connectivity index (χ1) is 9.77. The fourth-order valence-corrected chi connectivity index (χ4v) is 3.57. The van der Waals surface area contributed by atoms with E-state index in [1.54, 1.807) is 0 Å². The predicted molar refractivity (Wildman–Crippen MR) is 89.3 cm³/mol. The van der Waals surface area contributed by atoms with Crippen molar-refractivity contribution < 1.29 is 13.9 Å². The number of ether oxygens (including phenoxy) is 1. The van der Waals surface area contributed by atoms with Crippen LogP contribution in [0.4, 0.5) is 0 Å². The summed E-state index contributed by atoms with van der Waals surface area (Å²) in [5.41, 5.74) is 3.14. The third kappa shape index (κ3) is 3.05. The maximum absolute atomic E-state index is 11.5. The zero-order valence-electron chi connectivity index (χ0n) is 13.8. The number of aryl methyl sites for hydroxylation is 1. The van der Waals surface area contributed by atoms with Gasteiger partial charge in [-0.2, -0.15) is 0 Å². The topological polar surface area (TPSA) is 39.4 Å². The molecule has 0 aliphatic rings. The van der Waals surface area contributed by atoms with Gasteiger partial charge in [-0.3, -0.25) is 4.79 Å². The summed E-state index contributed by atoms with van der Waals surface area (Å²) in [6.07, 6.45) is 1.74. The fourth-order valence-electron chi connectivity index (χ4n) is 2.58. The first-order valence-electron chi connectivity index (χ1n) is 7.55. The molecule has 0 saturated carbocycles. The van der Waals surface area contributed by atoms with Crippen molar-refractivity contribution in [2.75, 3.05) is 0 Å². The zero-order valence-corrected chi connectivity index (χ0v) is 14.8. The quantitative estimate of drug-likeness (QED) is 0.486. The van der Waals surface area contributed by atoms with Crippen molar-refractivity contribution >= 4 is 30.4 Å². The molecule has 0 fully saturated rings. The van der Waals surface area contributed by atoms with Crippen LogP contribution in [0.1, 0.15) is 31.9 Å². The Kier molecular flexibility index (Phi) is 4.28. The van der Waals surface area contributed by atoms with Crippen LogP contribution in [0.2, 0.25) is 19.6 Å². The molecule has 0 unspecified atom stereocenters. The maximum atomic E-state index is 11.5. The number of fused-ring (bicyclic) bond motifs is 1. The Morgan fingerprint density at radius 1 is 1.19 bits per heavy atom. The molecule has 0 amide bonds. The van der Waals surface area contributed by atoms with Crippen LogP contribution in [-0.2, 0) is 17.6 Å². The minimum atomic E-state index is -1.54. The Morgan fingerprint density at radius 2 is 1.86 bits per heavy atom. The number of carbonyl (C=O) groups is 1.